The van der Waals surface area contributed by atoms with Crippen molar-refractivity contribution in [2.24, 2.45) is 0 Å². The Morgan fingerprint density at radius 1 is 1.16 bits per heavy atom. The maximum atomic E-state index is 12.1. The smallest absolute Gasteiger partial charge is 0.257 e. The van der Waals surface area contributed by atoms with E-state index in [2.05, 4.69) is 19.9 Å². The minimum atomic E-state index is -0.262. The Labute approximate surface area is 144 Å². The number of nitrogens with one attached hydrogen (secondary N) is 1. The Hall–Kier alpha value is -3.00. The third kappa shape index (κ3) is 3.92. The highest BCUT2D eigenvalue weighted by molar-refractivity contribution is 5.83. The highest BCUT2D eigenvalue weighted by Gasteiger charge is 2.09. The van der Waals surface area contributed by atoms with Crippen molar-refractivity contribution in [3.63, 3.8) is 0 Å². The molecule has 0 atom stereocenters. The molecule has 8 heteroatoms. The molecular formula is C17H20N6O2. The van der Waals surface area contributed by atoms with Crippen molar-refractivity contribution >= 4 is 22.8 Å². The van der Waals surface area contributed by atoms with Gasteiger partial charge in [-0.05, 0) is 38.0 Å². The molecule has 1 saturated heterocycles. The number of fused-ring (bicyclic) bond motifs is 1. The molecule has 130 valence electrons. The van der Waals surface area contributed by atoms with Gasteiger partial charge in [-0.1, -0.05) is 0 Å². The van der Waals surface area contributed by atoms with Gasteiger partial charge in [0.25, 0.3) is 5.56 Å². The van der Waals surface area contributed by atoms with Crippen LogP contribution >= 0.6 is 0 Å². The summed E-state index contributed by atoms with van der Waals surface area (Å²) in [7, 11) is 0. The lowest BCUT2D eigenvalue weighted by Gasteiger charge is -2.05. The number of nitrogen functional groups attached to an aromatic ring is 2. The average Bonchev–Trinajstić information content (AvgIpc) is 3.15. The predicted molar refractivity (Wildman–Crippen MR) is 97.0 cm³/mol. The van der Waals surface area contributed by atoms with Crippen molar-refractivity contribution in [2.75, 3.05) is 24.7 Å². The van der Waals surface area contributed by atoms with Crippen molar-refractivity contribution in [2.45, 2.75) is 19.8 Å². The normalized spacial score (nSPS) is 13.5. The Morgan fingerprint density at radius 3 is 2.52 bits per heavy atom. The van der Waals surface area contributed by atoms with Crippen molar-refractivity contribution in [1.29, 1.82) is 0 Å². The molecule has 4 rings (SSSR count). The lowest BCUT2D eigenvalue weighted by Crippen LogP contribution is -2.11. The van der Waals surface area contributed by atoms with Crippen LogP contribution in [0.4, 0.5) is 11.8 Å². The summed E-state index contributed by atoms with van der Waals surface area (Å²) in [4.78, 5) is 26.9. The van der Waals surface area contributed by atoms with Crippen molar-refractivity contribution in [3.8, 4) is 11.1 Å². The third-order valence-corrected chi connectivity index (χ3v) is 3.84. The first-order chi connectivity index (χ1) is 12.0. The molecular weight excluding hydrogens is 320 g/mol. The molecule has 1 fully saturated rings. The molecule has 0 saturated carbocycles. The second-order valence-electron chi connectivity index (χ2n) is 5.73. The van der Waals surface area contributed by atoms with Crippen LogP contribution in [0.15, 0.2) is 29.2 Å². The number of rotatable bonds is 1. The fraction of sp³-hybridized carbons (Fsp3) is 0.294. The van der Waals surface area contributed by atoms with Crippen LogP contribution in [0.5, 0.6) is 0 Å². The number of ether oxygens (including phenoxy) is 1. The first kappa shape index (κ1) is 16.8. The second kappa shape index (κ2) is 7.27. The summed E-state index contributed by atoms with van der Waals surface area (Å²) in [5.41, 5.74) is 13.1. The number of nitrogens with two attached hydrogens (primary N) is 2. The highest BCUT2D eigenvalue weighted by Crippen LogP contribution is 2.20. The maximum absolute atomic E-state index is 12.1. The van der Waals surface area contributed by atoms with E-state index < -0.39 is 0 Å². The van der Waals surface area contributed by atoms with Gasteiger partial charge < -0.3 is 21.2 Å². The van der Waals surface area contributed by atoms with Crippen molar-refractivity contribution < 1.29 is 4.74 Å². The van der Waals surface area contributed by atoms with Crippen LogP contribution in [0.2, 0.25) is 0 Å². The molecule has 4 heterocycles. The van der Waals surface area contributed by atoms with Gasteiger partial charge in [0.1, 0.15) is 11.5 Å². The summed E-state index contributed by atoms with van der Waals surface area (Å²) in [6.07, 6.45) is 4.11. The zero-order valence-electron chi connectivity index (χ0n) is 14.0. The van der Waals surface area contributed by atoms with Crippen molar-refractivity contribution in [3.05, 3.63) is 40.4 Å². The van der Waals surface area contributed by atoms with Crippen molar-refractivity contribution in [1.82, 2.24) is 19.9 Å². The molecule has 1 aliphatic rings. The minimum Gasteiger partial charge on any atom is -0.384 e. The number of aromatic nitrogens is 4. The summed E-state index contributed by atoms with van der Waals surface area (Å²) < 4.78 is 4.94. The van der Waals surface area contributed by atoms with Crippen LogP contribution < -0.4 is 17.0 Å². The van der Waals surface area contributed by atoms with Crippen LogP contribution in [0.25, 0.3) is 22.2 Å². The molecule has 0 amide bonds. The molecule has 0 aliphatic carbocycles. The Balaban J connectivity index is 0.000000314. The first-order valence-electron chi connectivity index (χ1n) is 8.01. The number of aromatic amines is 1. The second-order valence-corrected chi connectivity index (χ2v) is 5.73. The summed E-state index contributed by atoms with van der Waals surface area (Å²) in [6.45, 7) is 3.81. The number of anilines is 2. The number of hydrogen-bond acceptors (Lipinski definition) is 7. The van der Waals surface area contributed by atoms with E-state index in [1.54, 1.807) is 24.4 Å². The zero-order chi connectivity index (χ0) is 17.8. The monoisotopic (exact) mass is 340 g/mol. The van der Waals surface area contributed by atoms with E-state index in [0.717, 1.165) is 18.6 Å². The van der Waals surface area contributed by atoms with Gasteiger partial charge in [-0.3, -0.25) is 4.79 Å². The van der Waals surface area contributed by atoms with Gasteiger partial charge in [-0.25, -0.2) is 9.97 Å². The van der Waals surface area contributed by atoms with E-state index in [4.69, 9.17) is 16.2 Å². The van der Waals surface area contributed by atoms with E-state index in [-0.39, 0.29) is 11.5 Å². The zero-order valence-corrected chi connectivity index (χ0v) is 14.0. The van der Waals surface area contributed by atoms with E-state index in [1.807, 2.05) is 6.92 Å². The quantitative estimate of drug-likeness (QED) is 0.613. The number of aryl methyl sites for hydroxylation is 1. The maximum Gasteiger partial charge on any atom is 0.257 e. The summed E-state index contributed by atoms with van der Waals surface area (Å²) >= 11 is 0. The topological polar surface area (TPSA) is 133 Å². The molecule has 0 spiro atoms. The van der Waals surface area contributed by atoms with E-state index in [0.29, 0.717) is 28.3 Å². The number of nitrogens with zero attached hydrogens (tertiary/aromatic N) is 3. The van der Waals surface area contributed by atoms with Gasteiger partial charge in [-0.2, -0.15) is 4.98 Å². The molecule has 25 heavy (non-hydrogen) atoms. The largest absolute Gasteiger partial charge is 0.384 e. The molecule has 1 aliphatic heterocycles. The molecule has 0 unspecified atom stereocenters. The molecule has 0 bridgehead atoms. The van der Waals surface area contributed by atoms with E-state index in [1.165, 1.54) is 12.8 Å². The Kier molecular flexibility index (Phi) is 4.90. The predicted octanol–water partition coefficient (Wildman–Crippen LogP) is 1.65. The van der Waals surface area contributed by atoms with Gasteiger partial charge in [-0.15, -0.1) is 0 Å². The van der Waals surface area contributed by atoms with Crippen LogP contribution in [0.1, 0.15) is 18.5 Å². The van der Waals surface area contributed by atoms with Crippen LogP contribution in [0, 0.1) is 6.92 Å². The van der Waals surface area contributed by atoms with Gasteiger partial charge >= 0.3 is 0 Å². The molecule has 3 aromatic heterocycles. The number of pyridine rings is 2. The SMILES string of the molecule is C1CCOC1.Cc1nc(N)nc2[nH]c(=O)c(-c3ccc(N)nc3)cc12. The van der Waals surface area contributed by atoms with Gasteiger partial charge in [0.2, 0.25) is 5.95 Å². The number of hydrogen-bond donors (Lipinski definition) is 3. The Bertz CT molecular complexity index is 925. The summed E-state index contributed by atoms with van der Waals surface area (Å²) in [5, 5.41) is 0.741. The van der Waals surface area contributed by atoms with E-state index >= 15 is 0 Å². The molecule has 8 nitrogen and oxygen atoms in total. The molecule has 5 N–H and O–H groups in total. The van der Waals surface area contributed by atoms with Gasteiger partial charge in [0.05, 0.1) is 5.69 Å². The standard InChI is InChI=1S/C13H12N6O.C4H8O/c1-6-8-4-9(7-2-3-10(14)16-5-7)12(20)18-11(8)19-13(15)17-6;1-2-4-5-3-1/h2-5H,1H3,(H2,14,16)(H3,15,17,18,19,20);1-4H2. The lowest BCUT2D eigenvalue weighted by atomic mass is 10.1. The highest BCUT2D eigenvalue weighted by atomic mass is 16.5. The third-order valence-electron chi connectivity index (χ3n) is 3.84. The lowest BCUT2D eigenvalue weighted by molar-refractivity contribution is 0.198. The fourth-order valence-electron chi connectivity index (χ4n) is 2.55. The Morgan fingerprint density at radius 2 is 1.92 bits per heavy atom. The first-order valence-corrected chi connectivity index (χ1v) is 8.01. The fourth-order valence-corrected chi connectivity index (χ4v) is 2.55. The van der Waals surface area contributed by atoms with Gasteiger partial charge in [0.15, 0.2) is 0 Å². The van der Waals surface area contributed by atoms with Crippen LogP contribution in [-0.4, -0.2) is 33.1 Å². The van der Waals surface area contributed by atoms with Gasteiger partial charge in [0, 0.05) is 35.9 Å². The molecule has 3 aromatic rings. The summed E-state index contributed by atoms with van der Waals surface area (Å²) in [6, 6.07) is 5.12. The molecule has 0 aromatic carbocycles. The number of H-pyrrole nitrogens is 1. The average molecular weight is 340 g/mol. The minimum absolute atomic E-state index is 0.132. The summed E-state index contributed by atoms with van der Waals surface area (Å²) in [5.74, 6) is 0.533. The van der Waals surface area contributed by atoms with Crippen LogP contribution in [0.3, 0.4) is 0 Å². The van der Waals surface area contributed by atoms with E-state index in [9.17, 15) is 4.79 Å². The molecule has 0 radical (unpaired) electrons. The van der Waals surface area contributed by atoms with Crippen LogP contribution in [-0.2, 0) is 4.74 Å².